The molecule has 0 unspecified atom stereocenters. The Morgan fingerprint density at radius 2 is 2.05 bits per heavy atom. The summed E-state index contributed by atoms with van der Waals surface area (Å²) in [5.41, 5.74) is 0.295. The lowest BCUT2D eigenvalue weighted by Gasteiger charge is -2.18. The first-order chi connectivity index (χ1) is 10.6. The van der Waals surface area contributed by atoms with E-state index in [1.165, 1.54) is 18.3 Å². The Bertz CT molecular complexity index is 798. The Morgan fingerprint density at radius 1 is 1.27 bits per heavy atom. The van der Waals surface area contributed by atoms with Crippen LogP contribution in [0.1, 0.15) is 34.5 Å². The zero-order chi connectivity index (χ0) is 15.7. The van der Waals surface area contributed by atoms with E-state index in [1.54, 1.807) is 0 Å². The number of nitrogens with one attached hydrogen (secondary N) is 2. The first kappa shape index (κ1) is 14.1. The van der Waals surface area contributed by atoms with Crippen LogP contribution in [0.3, 0.4) is 0 Å². The van der Waals surface area contributed by atoms with Gasteiger partial charge in [-0.15, -0.1) is 0 Å². The SMILES string of the molecule is O=C(Nc1ncccc1O)c1c(O)c2c([nH]c1=O)CCCC2. The van der Waals surface area contributed by atoms with Crippen LogP contribution in [-0.2, 0) is 12.8 Å². The van der Waals surface area contributed by atoms with Crippen LogP contribution < -0.4 is 10.9 Å². The van der Waals surface area contributed by atoms with Gasteiger partial charge in [0.15, 0.2) is 11.6 Å². The van der Waals surface area contributed by atoms with Crippen molar-refractivity contribution < 1.29 is 15.0 Å². The number of pyridine rings is 2. The zero-order valence-electron chi connectivity index (χ0n) is 11.7. The number of carbonyl (C=O) groups excluding carboxylic acids is 1. The smallest absolute Gasteiger partial charge is 0.266 e. The second-order valence-corrected chi connectivity index (χ2v) is 5.17. The molecule has 0 aliphatic heterocycles. The molecule has 7 nitrogen and oxygen atoms in total. The number of rotatable bonds is 2. The highest BCUT2D eigenvalue weighted by molar-refractivity contribution is 6.06. The van der Waals surface area contributed by atoms with Crippen LogP contribution in [0, 0.1) is 0 Å². The van der Waals surface area contributed by atoms with Gasteiger partial charge >= 0.3 is 0 Å². The highest BCUT2D eigenvalue weighted by atomic mass is 16.3. The van der Waals surface area contributed by atoms with Crippen LogP contribution in [0.25, 0.3) is 0 Å². The Balaban J connectivity index is 2.00. The van der Waals surface area contributed by atoms with E-state index in [0.717, 1.165) is 12.8 Å². The van der Waals surface area contributed by atoms with Crippen molar-refractivity contribution in [1.82, 2.24) is 9.97 Å². The van der Waals surface area contributed by atoms with Gasteiger partial charge in [-0.3, -0.25) is 9.59 Å². The Kier molecular flexibility index (Phi) is 3.54. The average Bonchev–Trinajstić information content (AvgIpc) is 2.49. The highest BCUT2D eigenvalue weighted by Gasteiger charge is 2.24. The second kappa shape index (κ2) is 5.51. The van der Waals surface area contributed by atoms with E-state index in [2.05, 4.69) is 15.3 Å². The number of aryl methyl sites for hydroxylation is 1. The fraction of sp³-hybridized carbons (Fsp3) is 0.267. The third-order valence-electron chi connectivity index (χ3n) is 3.73. The molecule has 22 heavy (non-hydrogen) atoms. The van der Waals surface area contributed by atoms with E-state index in [9.17, 15) is 19.8 Å². The Morgan fingerprint density at radius 3 is 2.82 bits per heavy atom. The van der Waals surface area contributed by atoms with Gasteiger partial charge in [0.25, 0.3) is 11.5 Å². The van der Waals surface area contributed by atoms with E-state index in [4.69, 9.17) is 0 Å². The van der Waals surface area contributed by atoms with Crippen molar-refractivity contribution in [3.05, 3.63) is 45.5 Å². The van der Waals surface area contributed by atoms with Crippen molar-refractivity contribution in [2.45, 2.75) is 25.7 Å². The second-order valence-electron chi connectivity index (χ2n) is 5.17. The first-order valence-electron chi connectivity index (χ1n) is 7.00. The molecule has 114 valence electrons. The minimum absolute atomic E-state index is 0.0657. The molecule has 2 aromatic heterocycles. The third-order valence-corrected chi connectivity index (χ3v) is 3.73. The molecule has 0 fully saturated rings. The van der Waals surface area contributed by atoms with Gasteiger partial charge in [-0.05, 0) is 37.8 Å². The Labute approximate surface area is 125 Å². The number of anilines is 1. The molecule has 0 bridgehead atoms. The van der Waals surface area contributed by atoms with Gasteiger partial charge in [-0.1, -0.05) is 0 Å². The summed E-state index contributed by atoms with van der Waals surface area (Å²) in [6, 6.07) is 2.87. The number of fused-ring (bicyclic) bond motifs is 1. The molecular formula is C15H15N3O4. The summed E-state index contributed by atoms with van der Waals surface area (Å²) in [5, 5.41) is 22.2. The molecular weight excluding hydrogens is 286 g/mol. The van der Waals surface area contributed by atoms with Crippen molar-refractivity contribution >= 4 is 11.7 Å². The lowest BCUT2D eigenvalue weighted by atomic mass is 9.93. The molecule has 3 rings (SSSR count). The number of carbonyl (C=O) groups is 1. The van der Waals surface area contributed by atoms with Gasteiger partial charge in [-0.2, -0.15) is 0 Å². The quantitative estimate of drug-likeness (QED) is 0.667. The molecule has 1 aliphatic carbocycles. The lowest BCUT2D eigenvalue weighted by Crippen LogP contribution is -2.26. The van der Waals surface area contributed by atoms with Crippen molar-refractivity contribution in [3.8, 4) is 11.5 Å². The molecule has 0 saturated heterocycles. The van der Waals surface area contributed by atoms with E-state index >= 15 is 0 Å². The van der Waals surface area contributed by atoms with Gasteiger partial charge in [0, 0.05) is 17.5 Å². The summed E-state index contributed by atoms with van der Waals surface area (Å²) < 4.78 is 0. The van der Waals surface area contributed by atoms with Gasteiger partial charge in [0.05, 0.1) is 0 Å². The number of aromatic nitrogens is 2. The average molecular weight is 301 g/mol. The largest absolute Gasteiger partial charge is 0.507 e. The predicted octanol–water partition coefficient (Wildman–Crippen LogP) is 1.31. The van der Waals surface area contributed by atoms with Crippen molar-refractivity contribution in [2.75, 3.05) is 5.32 Å². The van der Waals surface area contributed by atoms with Gasteiger partial charge in [0.1, 0.15) is 11.3 Å². The minimum Gasteiger partial charge on any atom is -0.507 e. The number of aromatic amines is 1. The van der Waals surface area contributed by atoms with Gasteiger partial charge < -0.3 is 20.5 Å². The fourth-order valence-corrected chi connectivity index (χ4v) is 2.64. The standard InChI is InChI=1S/C15H15N3O4/c19-10-6-3-7-16-13(10)18-15(22)11-12(20)8-4-1-2-5-9(8)17-14(11)21/h3,6-7,19H,1-2,4-5H2,(H,16,18,22)(H2,17,20,21). The summed E-state index contributed by atoms with van der Waals surface area (Å²) in [7, 11) is 0. The van der Waals surface area contributed by atoms with Crippen LogP contribution in [0.2, 0.25) is 0 Å². The first-order valence-corrected chi connectivity index (χ1v) is 7.00. The van der Waals surface area contributed by atoms with Crippen molar-refractivity contribution in [3.63, 3.8) is 0 Å². The van der Waals surface area contributed by atoms with Crippen molar-refractivity contribution in [1.29, 1.82) is 0 Å². The Hall–Kier alpha value is -2.83. The van der Waals surface area contributed by atoms with Crippen molar-refractivity contribution in [2.24, 2.45) is 0 Å². The molecule has 0 atom stereocenters. The van der Waals surface area contributed by atoms with E-state index in [1.807, 2.05) is 0 Å². The zero-order valence-corrected chi connectivity index (χ0v) is 11.7. The molecule has 1 amide bonds. The maximum Gasteiger partial charge on any atom is 0.266 e. The number of aromatic hydroxyl groups is 2. The molecule has 2 aromatic rings. The molecule has 7 heteroatoms. The number of nitrogens with zero attached hydrogens (tertiary/aromatic N) is 1. The van der Waals surface area contributed by atoms with E-state index in [-0.39, 0.29) is 22.9 Å². The third kappa shape index (κ3) is 2.41. The van der Waals surface area contributed by atoms with E-state index < -0.39 is 11.5 Å². The molecule has 0 aromatic carbocycles. The maximum absolute atomic E-state index is 12.3. The molecule has 0 spiro atoms. The normalized spacial score (nSPS) is 13.5. The number of amides is 1. The summed E-state index contributed by atoms with van der Waals surface area (Å²) in [4.78, 5) is 30.8. The fourth-order valence-electron chi connectivity index (χ4n) is 2.64. The number of hydrogen-bond donors (Lipinski definition) is 4. The van der Waals surface area contributed by atoms with Crippen LogP contribution in [0.4, 0.5) is 5.82 Å². The monoisotopic (exact) mass is 301 g/mol. The lowest BCUT2D eigenvalue weighted by molar-refractivity contribution is 0.102. The van der Waals surface area contributed by atoms with Crippen LogP contribution >= 0.6 is 0 Å². The molecule has 1 aliphatic rings. The number of H-pyrrole nitrogens is 1. The molecule has 2 heterocycles. The summed E-state index contributed by atoms with van der Waals surface area (Å²) in [6.07, 6.45) is 4.53. The van der Waals surface area contributed by atoms with Gasteiger partial charge in [-0.25, -0.2) is 4.98 Å². The summed E-state index contributed by atoms with van der Waals surface area (Å²) in [6.45, 7) is 0. The summed E-state index contributed by atoms with van der Waals surface area (Å²) in [5.74, 6) is -1.37. The highest BCUT2D eigenvalue weighted by Crippen LogP contribution is 2.29. The summed E-state index contributed by atoms with van der Waals surface area (Å²) >= 11 is 0. The van der Waals surface area contributed by atoms with E-state index in [0.29, 0.717) is 24.1 Å². The maximum atomic E-state index is 12.3. The van der Waals surface area contributed by atoms with Crippen LogP contribution in [0.5, 0.6) is 11.5 Å². The predicted molar refractivity (Wildman–Crippen MR) is 79.2 cm³/mol. The molecule has 0 radical (unpaired) electrons. The molecule has 0 saturated carbocycles. The molecule has 4 N–H and O–H groups in total. The van der Waals surface area contributed by atoms with Crippen LogP contribution in [-0.4, -0.2) is 26.1 Å². The number of hydrogen-bond acceptors (Lipinski definition) is 5. The topological polar surface area (TPSA) is 115 Å². The van der Waals surface area contributed by atoms with Crippen LogP contribution in [0.15, 0.2) is 23.1 Å². The minimum atomic E-state index is -0.805. The van der Waals surface area contributed by atoms with Gasteiger partial charge in [0.2, 0.25) is 0 Å².